The number of hydrogen-bond acceptors (Lipinski definition) is 4. The average molecular weight is 377 g/mol. The van der Waals surface area contributed by atoms with Crippen molar-refractivity contribution >= 4 is 21.8 Å². The molecule has 2 rings (SSSR count). The minimum absolute atomic E-state index is 0.000289. The van der Waals surface area contributed by atoms with Crippen molar-refractivity contribution in [1.82, 2.24) is 15.6 Å². The molecule has 26 heavy (non-hydrogen) atoms. The summed E-state index contributed by atoms with van der Waals surface area (Å²) in [7, 11) is -3.80. The Labute approximate surface area is 149 Å². The first kappa shape index (κ1) is 19.3. The quantitative estimate of drug-likeness (QED) is 0.522. The number of benzene rings is 2. The Balaban J connectivity index is 2.08. The summed E-state index contributed by atoms with van der Waals surface area (Å²) in [5.41, 5.74) is 3.95. The fraction of sp³-hybridized carbons (Fsp3) is 0.0588. The number of rotatable bonds is 6. The first-order valence-electron chi connectivity index (χ1n) is 7.41. The second-order valence-electron chi connectivity index (χ2n) is 5.06. The van der Waals surface area contributed by atoms with Crippen LogP contribution in [-0.4, -0.2) is 26.8 Å². The lowest BCUT2D eigenvalue weighted by atomic mass is 10.2. The van der Waals surface area contributed by atoms with Crippen molar-refractivity contribution in [3.63, 3.8) is 0 Å². The third-order valence-corrected chi connectivity index (χ3v) is 4.65. The molecule has 0 saturated heterocycles. The summed E-state index contributed by atoms with van der Waals surface area (Å²) >= 11 is 0. The van der Waals surface area contributed by atoms with Crippen LogP contribution in [0.3, 0.4) is 0 Å². The lowest BCUT2D eigenvalue weighted by Crippen LogP contribution is -2.42. The highest BCUT2D eigenvalue weighted by Crippen LogP contribution is 2.11. The van der Waals surface area contributed by atoms with E-state index in [1.807, 2.05) is 0 Å². The van der Waals surface area contributed by atoms with E-state index in [9.17, 15) is 22.4 Å². The zero-order chi connectivity index (χ0) is 19.2. The molecule has 7 nitrogen and oxygen atoms in total. The van der Waals surface area contributed by atoms with Gasteiger partial charge in [-0.3, -0.25) is 20.4 Å². The van der Waals surface area contributed by atoms with Crippen LogP contribution in [-0.2, 0) is 10.0 Å². The van der Waals surface area contributed by atoms with Gasteiger partial charge < -0.3 is 0 Å². The van der Waals surface area contributed by atoms with Crippen LogP contribution in [0, 0.1) is 5.82 Å². The molecule has 136 valence electrons. The van der Waals surface area contributed by atoms with Gasteiger partial charge in [0.1, 0.15) is 5.82 Å². The highest BCUT2D eigenvalue weighted by molar-refractivity contribution is 7.89. The topological polar surface area (TPSA) is 104 Å². The minimum Gasteiger partial charge on any atom is -0.267 e. The third kappa shape index (κ3) is 4.74. The van der Waals surface area contributed by atoms with Gasteiger partial charge in [-0.05, 0) is 30.3 Å². The van der Waals surface area contributed by atoms with Crippen LogP contribution in [0.4, 0.5) is 4.39 Å². The van der Waals surface area contributed by atoms with E-state index >= 15 is 0 Å². The van der Waals surface area contributed by atoms with Gasteiger partial charge in [0.15, 0.2) is 0 Å². The maximum atomic E-state index is 13.5. The summed E-state index contributed by atoms with van der Waals surface area (Å²) in [5.74, 6) is -2.33. The van der Waals surface area contributed by atoms with Gasteiger partial charge in [0.25, 0.3) is 11.8 Å². The molecule has 0 aliphatic rings. The molecule has 0 bridgehead atoms. The second kappa shape index (κ2) is 8.37. The molecule has 2 aromatic rings. The van der Waals surface area contributed by atoms with Gasteiger partial charge in [0.05, 0.1) is 10.5 Å². The fourth-order valence-electron chi connectivity index (χ4n) is 1.95. The van der Waals surface area contributed by atoms with Crippen molar-refractivity contribution in [2.24, 2.45) is 0 Å². The van der Waals surface area contributed by atoms with E-state index in [0.717, 1.165) is 12.1 Å². The molecule has 0 fully saturated rings. The number of hydrazine groups is 1. The fourth-order valence-corrected chi connectivity index (χ4v) is 3.00. The Morgan fingerprint density at radius 3 is 2.42 bits per heavy atom. The number of sulfonamides is 1. The van der Waals surface area contributed by atoms with Crippen molar-refractivity contribution in [3.8, 4) is 0 Å². The monoisotopic (exact) mass is 377 g/mol. The van der Waals surface area contributed by atoms with E-state index in [0.29, 0.717) is 0 Å². The highest BCUT2D eigenvalue weighted by atomic mass is 32.2. The smallest absolute Gasteiger partial charge is 0.267 e. The molecule has 0 spiro atoms. The summed E-state index contributed by atoms with van der Waals surface area (Å²) in [4.78, 5) is 23.9. The second-order valence-corrected chi connectivity index (χ2v) is 6.82. The van der Waals surface area contributed by atoms with Gasteiger partial charge in [-0.25, -0.2) is 17.5 Å². The van der Waals surface area contributed by atoms with E-state index < -0.39 is 27.7 Å². The molecule has 2 amide bonds. The van der Waals surface area contributed by atoms with Gasteiger partial charge in [0.2, 0.25) is 10.0 Å². The summed E-state index contributed by atoms with van der Waals surface area (Å²) in [5, 5.41) is 0. The number of nitrogens with one attached hydrogen (secondary N) is 3. The molecule has 0 saturated carbocycles. The molecule has 0 atom stereocenters. The van der Waals surface area contributed by atoms with Crippen LogP contribution in [0.25, 0.3) is 0 Å². The van der Waals surface area contributed by atoms with Crippen molar-refractivity contribution in [2.75, 3.05) is 6.54 Å². The largest absolute Gasteiger partial charge is 0.272 e. The van der Waals surface area contributed by atoms with Crippen LogP contribution in [0.5, 0.6) is 0 Å². The summed E-state index contributed by atoms with van der Waals surface area (Å²) < 4.78 is 39.9. The molecular weight excluding hydrogens is 361 g/mol. The molecule has 3 N–H and O–H groups in total. The van der Waals surface area contributed by atoms with Crippen LogP contribution >= 0.6 is 0 Å². The van der Waals surface area contributed by atoms with Gasteiger partial charge in [-0.15, -0.1) is 6.58 Å². The molecule has 0 unspecified atom stereocenters. The lowest BCUT2D eigenvalue weighted by molar-refractivity contribution is 0.0844. The molecule has 0 radical (unpaired) electrons. The predicted molar refractivity (Wildman–Crippen MR) is 93.2 cm³/mol. The molecule has 0 aromatic heterocycles. The summed E-state index contributed by atoms with van der Waals surface area (Å²) in [6.07, 6.45) is 1.38. The lowest BCUT2D eigenvalue weighted by Gasteiger charge is -2.09. The summed E-state index contributed by atoms with van der Waals surface area (Å²) in [6.45, 7) is 3.46. The Kier molecular flexibility index (Phi) is 6.21. The first-order valence-corrected chi connectivity index (χ1v) is 8.89. The van der Waals surface area contributed by atoms with Crippen molar-refractivity contribution in [1.29, 1.82) is 0 Å². The predicted octanol–water partition coefficient (Wildman–Crippen LogP) is 1.36. The van der Waals surface area contributed by atoms with Crippen LogP contribution in [0.2, 0.25) is 0 Å². The SMILES string of the molecule is C=CCNS(=O)(=O)c1cccc(C(=O)NNC(=O)c2ccccc2F)c1. The number of amides is 2. The Morgan fingerprint density at radius 2 is 1.73 bits per heavy atom. The molecule has 2 aromatic carbocycles. The number of carbonyl (C=O) groups excluding carboxylic acids is 2. The van der Waals surface area contributed by atoms with Crippen molar-refractivity contribution < 1.29 is 22.4 Å². The first-order chi connectivity index (χ1) is 12.3. The Morgan fingerprint density at radius 1 is 1.04 bits per heavy atom. The molecule has 0 aliphatic carbocycles. The summed E-state index contributed by atoms with van der Waals surface area (Å²) in [6, 6.07) is 10.5. The number of hydrogen-bond donors (Lipinski definition) is 3. The normalized spacial score (nSPS) is 10.8. The van der Waals surface area contributed by atoms with Gasteiger partial charge in [0, 0.05) is 12.1 Å². The highest BCUT2D eigenvalue weighted by Gasteiger charge is 2.16. The molecule has 9 heteroatoms. The Hall–Kier alpha value is -3.04. The number of halogens is 1. The van der Waals surface area contributed by atoms with E-state index in [4.69, 9.17) is 0 Å². The minimum atomic E-state index is -3.80. The van der Waals surface area contributed by atoms with Crippen molar-refractivity contribution in [2.45, 2.75) is 4.90 Å². The zero-order valence-corrected chi connectivity index (χ0v) is 14.3. The van der Waals surface area contributed by atoms with Gasteiger partial charge >= 0.3 is 0 Å². The van der Waals surface area contributed by atoms with Crippen LogP contribution < -0.4 is 15.6 Å². The van der Waals surface area contributed by atoms with E-state index in [1.54, 1.807) is 0 Å². The van der Waals surface area contributed by atoms with E-state index in [1.165, 1.54) is 42.5 Å². The van der Waals surface area contributed by atoms with Gasteiger partial charge in [-0.2, -0.15) is 0 Å². The average Bonchev–Trinajstić information content (AvgIpc) is 2.64. The molecular formula is C17H16FN3O4S. The van der Waals surface area contributed by atoms with Crippen LogP contribution in [0.15, 0.2) is 66.1 Å². The maximum Gasteiger partial charge on any atom is 0.272 e. The Bertz CT molecular complexity index is 945. The standard InChI is InChI=1S/C17H16FN3O4S/c1-2-10-19-26(24,25)13-7-5-6-12(11-13)16(22)20-21-17(23)14-8-3-4-9-15(14)18/h2-9,11,19H,1,10H2,(H,20,22)(H,21,23). The van der Waals surface area contributed by atoms with Gasteiger partial charge in [-0.1, -0.05) is 24.3 Å². The maximum absolute atomic E-state index is 13.5. The van der Waals surface area contributed by atoms with E-state index in [2.05, 4.69) is 22.2 Å². The van der Waals surface area contributed by atoms with Crippen LogP contribution in [0.1, 0.15) is 20.7 Å². The molecule has 0 heterocycles. The van der Waals surface area contributed by atoms with Crippen molar-refractivity contribution in [3.05, 3.63) is 78.1 Å². The van der Waals surface area contributed by atoms with E-state index in [-0.39, 0.29) is 22.6 Å². The zero-order valence-electron chi connectivity index (χ0n) is 13.5. The number of carbonyl (C=O) groups is 2. The third-order valence-electron chi connectivity index (χ3n) is 3.23. The molecule has 0 aliphatic heterocycles.